The highest BCUT2D eigenvalue weighted by atomic mass is 19.1. The van der Waals surface area contributed by atoms with E-state index in [0.717, 1.165) is 11.8 Å². The van der Waals surface area contributed by atoms with Crippen molar-refractivity contribution in [2.24, 2.45) is 0 Å². The molecule has 0 bridgehead atoms. The Labute approximate surface area is 113 Å². The predicted molar refractivity (Wildman–Crippen MR) is 76.1 cm³/mol. The average Bonchev–Trinajstić information content (AvgIpc) is 2.37. The van der Waals surface area contributed by atoms with Gasteiger partial charge in [-0.1, -0.05) is 18.2 Å². The Balaban J connectivity index is 2.30. The third-order valence-corrected chi connectivity index (χ3v) is 3.42. The number of benzene rings is 2. The molecule has 0 radical (unpaired) electrons. The van der Waals surface area contributed by atoms with Crippen LogP contribution in [0.3, 0.4) is 0 Å². The SMILES string of the molecule is Cc1cccc(N(C)C(C)c2ccc(O)cc2F)c1. The topological polar surface area (TPSA) is 23.5 Å². The largest absolute Gasteiger partial charge is 0.508 e. The molecule has 19 heavy (non-hydrogen) atoms. The molecule has 0 saturated carbocycles. The van der Waals surface area contributed by atoms with Crippen molar-refractivity contribution in [3.63, 3.8) is 0 Å². The lowest BCUT2D eigenvalue weighted by atomic mass is 10.1. The lowest BCUT2D eigenvalue weighted by Gasteiger charge is -2.28. The smallest absolute Gasteiger partial charge is 0.132 e. The molecular weight excluding hydrogens is 241 g/mol. The summed E-state index contributed by atoms with van der Waals surface area (Å²) in [5.41, 5.74) is 2.78. The van der Waals surface area contributed by atoms with Crippen LogP contribution < -0.4 is 4.90 Å². The fraction of sp³-hybridized carbons (Fsp3) is 0.250. The fourth-order valence-electron chi connectivity index (χ4n) is 2.13. The third kappa shape index (κ3) is 2.87. The van der Waals surface area contributed by atoms with Gasteiger partial charge in [-0.05, 0) is 37.6 Å². The molecule has 1 unspecified atom stereocenters. The molecule has 0 heterocycles. The number of hydrogen-bond acceptors (Lipinski definition) is 2. The van der Waals surface area contributed by atoms with E-state index < -0.39 is 0 Å². The van der Waals surface area contributed by atoms with Crippen LogP contribution in [0, 0.1) is 12.7 Å². The summed E-state index contributed by atoms with van der Waals surface area (Å²) in [4.78, 5) is 2.02. The molecular formula is C16H18FNO. The lowest BCUT2D eigenvalue weighted by molar-refractivity contribution is 0.466. The number of rotatable bonds is 3. The van der Waals surface area contributed by atoms with Crippen LogP contribution in [0.5, 0.6) is 5.75 Å². The minimum absolute atomic E-state index is 0.0494. The maximum atomic E-state index is 13.9. The number of anilines is 1. The molecule has 0 aromatic heterocycles. The number of halogens is 1. The van der Waals surface area contributed by atoms with Gasteiger partial charge in [0.2, 0.25) is 0 Å². The van der Waals surface area contributed by atoms with Crippen LogP contribution in [-0.2, 0) is 0 Å². The van der Waals surface area contributed by atoms with Crippen molar-refractivity contribution in [3.05, 3.63) is 59.4 Å². The van der Waals surface area contributed by atoms with E-state index in [1.807, 2.05) is 44.0 Å². The average molecular weight is 259 g/mol. The van der Waals surface area contributed by atoms with Crippen LogP contribution in [0.1, 0.15) is 24.1 Å². The van der Waals surface area contributed by atoms with Gasteiger partial charge in [-0.2, -0.15) is 0 Å². The van der Waals surface area contributed by atoms with Crippen LogP contribution in [0.25, 0.3) is 0 Å². The van der Waals surface area contributed by atoms with E-state index >= 15 is 0 Å². The van der Waals surface area contributed by atoms with Gasteiger partial charge in [0.25, 0.3) is 0 Å². The summed E-state index contributed by atoms with van der Waals surface area (Å²) in [6.07, 6.45) is 0. The number of phenolic OH excluding ortho intramolecular Hbond substituents is 1. The first-order valence-corrected chi connectivity index (χ1v) is 6.27. The summed E-state index contributed by atoms with van der Waals surface area (Å²) in [5.74, 6) is -0.432. The molecule has 2 nitrogen and oxygen atoms in total. The molecule has 2 aromatic carbocycles. The Hall–Kier alpha value is -2.03. The molecule has 0 amide bonds. The molecule has 1 N–H and O–H groups in total. The summed E-state index contributed by atoms with van der Waals surface area (Å²) >= 11 is 0. The molecule has 0 saturated heterocycles. The first kappa shape index (κ1) is 13.4. The van der Waals surface area contributed by atoms with E-state index in [9.17, 15) is 9.50 Å². The fourth-order valence-corrected chi connectivity index (χ4v) is 2.13. The second-order valence-corrected chi connectivity index (χ2v) is 4.83. The van der Waals surface area contributed by atoms with Gasteiger partial charge in [0.15, 0.2) is 0 Å². The third-order valence-electron chi connectivity index (χ3n) is 3.42. The molecule has 0 spiro atoms. The van der Waals surface area contributed by atoms with E-state index in [-0.39, 0.29) is 17.6 Å². The summed E-state index contributed by atoms with van der Waals surface area (Å²) in [6, 6.07) is 12.3. The zero-order chi connectivity index (χ0) is 14.0. The van der Waals surface area contributed by atoms with Gasteiger partial charge in [0.05, 0.1) is 6.04 Å². The zero-order valence-corrected chi connectivity index (χ0v) is 11.4. The molecule has 100 valence electrons. The number of aryl methyl sites for hydroxylation is 1. The highest BCUT2D eigenvalue weighted by Gasteiger charge is 2.16. The first-order valence-electron chi connectivity index (χ1n) is 6.27. The van der Waals surface area contributed by atoms with Gasteiger partial charge in [0, 0.05) is 24.4 Å². The maximum absolute atomic E-state index is 13.9. The molecule has 0 aliphatic carbocycles. The Morgan fingerprint density at radius 2 is 1.89 bits per heavy atom. The number of phenols is 1. The molecule has 2 rings (SSSR count). The van der Waals surface area contributed by atoms with Crippen molar-refractivity contribution in [1.82, 2.24) is 0 Å². The zero-order valence-electron chi connectivity index (χ0n) is 11.4. The predicted octanol–water partition coefficient (Wildman–Crippen LogP) is 4.04. The Bertz CT molecular complexity index is 583. The van der Waals surface area contributed by atoms with Gasteiger partial charge in [-0.15, -0.1) is 0 Å². The second kappa shape index (κ2) is 5.31. The highest BCUT2D eigenvalue weighted by molar-refractivity contribution is 5.50. The van der Waals surface area contributed by atoms with Crippen LogP contribution in [0.15, 0.2) is 42.5 Å². The standard InChI is InChI=1S/C16H18FNO/c1-11-5-4-6-13(9-11)18(3)12(2)15-8-7-14(19)10-16(15)17/h4-10,12,19H,1-3H3. The minimum atomic E-state index is -0.382. The number of nitrogens with zero attached hydrogens (tertiary/aromatic N) is 1. The van der Waals surface area contributed by atoms with Crippen molar-refractivity contribution in [2.45, 2.75) is 19.9 Å². The van der Waals surface area contributed by atoms with E-state index in [4.69, 9.17) is 0 Å². The van der Waals surface area contributed by atoms with Crippen LogP contribution in [-0.4, -0.2) is 12.2 Å². The molecule has 0 aliphatic heterocycles. The van der Waals surface area contributed by atoms with E-state index in [0.29, 0.717) is 5.56 Å². The van der Waals surface area contributed by atoms with Crippen molar-refractivity contribution in [3.8, 4) is 5.75 Å². The normalized spacial score (nSPS) is 12.2. The summed E-state index contributed by atoms with van der Waals surface area (Å²) < 4.78 is 13.9. The van der Waals surface area contributed by atoms with Crippen LogP contribution in [0.2, 0.25) is 0 Å². The van der Waals surface area contributed by atoms with Gasteiger partial charge < -0.3 is 10.0 Å². The summed E-state index contributed by atoms with van der Waals surface area (Å²) in [7, 11) is 1.94. The lowest BCUT2D eigenvalue weighted by Crippen LogP contribution is -2.22. The van der Waals surface area contributed by atoms with Crippen molar-refractivity contribution < 1.29 is 9.50 Å². The summed E-state index contributed by atoms with van der Waals surface area (Å²) in [6.45, 7) is 3.97. The maximum Gasteiger partial charge on any atom is 0.132 e. The molecule has 2 aromatic rings. The van der Waals surface area contributed by atoms with Crippen LogP contribution in [0.4, 0.5) is 10.1 Å². The van der Waals surface area contributed by atoms with E-state index in [1.54, 1.807) is 6.07 Å². The summed E-state index contributed by atoms with van der Waals surface area (Å²) in [5, 5.41) is 9.26. The van der Waals surface area contributed by atoms with Crippen molar-refractivity contribution >= 4 is 5.69 Å². The van der Waals surface area contributed by atoms with Crippen molar-refractivity contribution in [2.75, 3.05) is 11.9 Å². The monoisotopic (exact) mass is 259 g/mol. The van der Waals surface area contributed by atoms with Gasteiger partial charge in [-0.25, -0.2) is 4.39 Å². The van der Waals surface area contributed by atoms with Crippen LogP contribution >= 0.6 is 0 Å². The van der Waals surface area contributed by atoms with Gasteiger partial charge in [0.1, 0.15) is 11.6 Å². The molecule has 1 atom stereocenters. The minimum Gasteiger partial charge on any atom is -0.508 e. The quantitative estimate of drug-likeness (QED) is 0.899. The second-order valence-electron chi connectivity index (χ2n) is 4.83. The Morgan fingerprint density at radius 1 is 1.16 bits per heavy atom. The first-order chi connectivity index (χ1) is 8.99. The van der Waals surface area contributed by atoms with Crippen molar-refractivity contribution in [1.29, 1.82) is 0 Å². The molecule has 3 heteroatoms. The van der Waals surface area contributed by atoms with Gasteiger partial charge >= 0.3 is 0 Å². The number of aromatic hydroxyl groups is 1. The van der Waals surface area contributed by atoms with Gasteiger partial charge in [-0.3, -0.25) is 0 Å². The molecule has 0 aliphatic rings. The van der Waals surface area contributed by atoms with E-state index in [2.05, 4.69) is 6.07 Å². The molecule has 0 fully saturated rings. The Kier molecular flexibility index (Phi) is 3.74. The highest BCUT2D eigenvalue weighted by Crippen LogP contribution is 2.28. The van der Waals surface area contributed by atoms with E-state index in [1.165, 1.54) is 11.6 Å². The number of hydrogen-bond donors (Lipinski definition) is 1. The Morgan fingerprint density at radius 3 is 2.53 bits per heavy atom.